The number of aryl methyl sites for hydroxylation is 1. The van der Waals surface area contributed by atoms with Gasteiger partial charge >= 0.3 is 0 Å². The van der Waals surface area contributed by atoms with E-state index in [2.05, 4.69) is 29.4 Å². The molecule has 0 aromatic carbocycles. The summed E-state index contributed by atoms with van der Waals surface area (Å²) in [5.41, 5.74) is 0. The Morgan fingerprint density at radius 1 is 1.27 bits per heavy atom. The number of likely N-dealkylation sites (tertiary alicyclic amines) is 1. The Morgan fingerprint density at radius 3 is 2.62 bits per heavy atom. The maximum Gasteiger partial charge on any atom is 0.238 e. The smallest absolute Gasteiger partial charge is 0.238 e. The lowest BCUT2D eigenvalue weighted by molar-refractivity contribution is -0.130. The number of nitrogens with one attached hydrogen (secondary N) is 1. The number of hydrogen-bond acceptors (Lipinski definition) is 5. The number of nitrogens with zero attached hydrogens (tertiary/aromatic N) is 3. The van der Waals surface area contributed by atoms with Gasteiger partial charge in [-0.15, -0.1) is 10.2 Å². The summed E-state index contributed by atoms with van der Waals surface area (Å²) >= 11 is 0. The molecule has 2 heterocycles. The molecule has 1 aromatic heterocycles. The number of carbonyl (C=O) groups excluding carboxylic acids is 2. The summed E-state index contributed by atoms with van der Waals surface area (Å²) in [5, 5.41) is 11.0. The van der Waals surface area contributed by atoms with Crippen molar-refractivity contribution < 1.29 is 14.0 Å². The van der Waals surface area contributed by atoms with Gasteiger partial charge in [0.05, 0.1) is 5.92 Å². The highest BCUT2D eigenvalue weighted by molar-refractivity contribution is 5.89. The Morgan fingerprint density at radius 2 is 2.00 bits per heavy atom. The molecule has 1 saturated heterocycles. The molecular formula is C19H30N4O3. The van der Waals surface area contributed by atoms with Gasteiger partial charge in [0.2, 0.25) is 23.6 Å². The minimum atomic E-state index is -0.303. The lowest BCUT2D eigenvalue weighted by atomic mass is 9.94. The second-order valence-corrected chi connectivity index (χ2v) is 8.09. The number of aromatic nitrogens is 2. The van der Waals surface area contributed by atoms with Gasteiger partial charge in [-0.1, -0.05) is 33.1 Å². The molecule has 1 N–H and O–H groups in total. The van der Waals surface area contributed by atoms with Crippen LogP contribution in [0.15, 0.2) is 4.42 Å². The van der Waals surface area contributed by atoms with E-state index in [0.29, 0.717) is 36.7 Å². The Kier molecular flexibility index (Phi) is 5.94. The molecule has 0 spiro atoms. The van der Waals surface area contributed by atoms with Gasteiger partial charge in [0.1, 0.15) is 6.04 Å². The molecule has 7 heteroatoms. The highest BCUT2D eigenvalue weighted by atomic mass is 16.4. The molecule has 144 valence electrons. The standard InChI is InChI=1S/C19H30N4O3/c1-12(2)9-16(19-22-21-13(3)26-19)20-18(25)14-10-17(24)23(11-14)15-7-5-4-6-8-15/h12,14-16H,4-11H2,1-3H3,(H,20,25). The van der Waals surface area contributed by atoms with E-state index in [-0.39, 0.29) is 23.8 Å². The van der Waals surface area contributed by atoms with Crippen LogP contribution in [0, 0.1) is 18.8 Å². The van der Waals surface area contributed by atoms with E-state index in [9.17, 15) is 9.59 Å². The molecule has 2 aliphatic rings. The first kappa shape index (κ1) is 18.9. The predicted octanol–water partition coefficient (Wildman–Crippen LogP) is 2.76. The van der Waals surface area contributed by atoms with Crippen LogP contribution >= 0.6 is 0 Å². The van der Waals surface area contributed by atoms with E-state index < -0.39 is 0 Å². The van der Waals surface area contributed by atoms with Crippen LogP contribution in [-0.4, -0.2) is 39.5 Å². The van der Waals surface area contributed by atoms with E-state index in [0.717, 1.165) is 19.3 Å². The zero-order valence-electron chi connectivity index (χ0n) is 16.0. The van der Waals surface area contributed by atoms with Gasteiger partial charge < -0.3 is 14.6 Å². The maximum atomic E-state index is 12.8. The van der Waals surface area contributed by atoms with Crippen molar-refractivity contribution in [3.63, 3.8) is 0 Å². The topological polar surface area (TPSA) is 88.3 Å². The number of carbonyl (C=O) groups is 2. The number of hydrogen-bond donors (Lipinski definition) is 1. The summed E-state index contributed by atoms with van der Waals surface area (Å²) in [6, 6.07) is 0.0154. The summed E-state index contributed by atoms with van der Waals surface area (Å²) < 4.78 is 5.53. The van der Waals surface area contributed by atoms with E-state index in [1.54, 1.807) is 6.92 Å². The van der Waals surface area contributed by atoms with Crippen molar-refractivity contribution in [2.45, 2.75) is 77.8 Å². The monoisotopic (exact) mass is 362 g/mol. The zero-order chi connectivity index (χ0) is 18.7. The number of amides is 2. The van der Waals surface area contributed by atoms with E-state index in [4.69, 9.17) is 4.42 Å². The first-order valence-corrected chi connectivity index (χ1v) is 9.84. The van der Waals surface area contributed by atoms with Crippen LogP contribution in [0.4, 0.5) is 0 Å². The Labute approximate surface area is 154 Å². The summed E-state index contributed by atoms with van der Waals surface area (Å²) in [6.45, 7) is 6.45. The highest BCUT2D eigenvalue weighted by Gasteiger charge is 2.39. The normalized spacial score (nSPS) is 22.8. The van der Waals surface area contributed by atoms with Gasteiger partial charge in [-0.2, -0.15) is 0 Å². The van der Waals surface area contributed by atoms with E-state index in [1.165, 1.54) is 19.3 Å². The molecule has 7 nitrogen and oxygen atoms in total. The minimum absolute atomic E-state index is 0.0850. The molecule has 1 aliphatic heterocycles. The van der Waals surface area contributed by atoms with Crippen LogP contribution in [0.3, 0.4) is 0 Å². The molecule has 2 unspecified atom stereocenters. The third-order valence-corrected chi connectivity index (χ3v) is 5.41. The van der Waals surface area contributed by atoms with Gasteiger partial charge in [0.25, 0.3) is 0 Å². The van der Waals surface area contributed by atoms with Crippen molar-refractivity contribution in [2.24, 2.45) is 11.8 Å². The summed E-state index contributed by atoms with van der Waals surface area (Å²) in [4.78, 5) is 27.2. The quantitative estimate of drug-likeness (QED) is 0.840. The second kappa shape index (κ2) is 8.18. The van der Waals surface area contributed by atoms with Crippen LogP contribution in [0.1, 0.15) is 76.6 Å². The van der Waals surface area contributed by atoms with Crippen LogP contribution in [-0.2, 0) is 9.59 Å². The Hall–Kier alpha value is -1.92. The third-order valence-electron chi connectivity index (χ3n) is 5.41. The third kappa shape index (κ3) is 4.43. The van der Waals surface area contributed by atoms with Crippen LogP contribution in [0.25, 0.3) is 0 Å². The van der Waals surface area contributed by atoms with Crippen molar-refractivity contribution in [3.05, 3.63) is 11.8 Å². The van der Waals surface area contributed by atoms with E-state index >= 15 is 0 Å². The van der Waals surface area contributed by atoms with Crippen LogP contribution in [0.5, 0.6) is 0 Å². The van der Waals surface area contributed by atoms with Crippen molar-refractivity contribution in [2.75, 3.05) is 6.54 Å². The van der Waals surface area contributed by atoms with Crippen LogP contribution < -0.4 is 5.32 Å². The maximum absolute atomic E-state index is 12.8. The minimum Gasteiger partial charge on any atom is -0.423 e. The molecule has 2 fully saturated rings. The first-order valence-electron chi connectivity index (χ1n) is 9.84. The second-order valence-electron chi connectivity index (χ2n) is 8.09. The number of rotatable bonds is 6. The molecule has 1 aromatic rings. The van der Waals surface area contributed by atoms with Crippen molar-refractivity contribution in [3.8, 4) is 0 Å². The van der Waals surface area contributed by atoms with Gasteiger partial charge in [0.15, 0.2) is 0 Å². The average molecular weight is 362 g/mol. The van der Waals surface area contributed by atoms with Gasteiger partial charge in [-0.05, 0) is 25.2 Å². The Bertz CT molecular complexity index is 636. The van der Waals surface area contributed by atoms with Gasteiger partial charge in [-0.25, -0.2) is 0 Å². The van der Waals surface area contributed by atoms with Crippen molar-refractivity contribution in [1.29, 1.82) is 0 Å². The molecule has 1 saturated carbocycles. The fourth-order valence-corrected chi connectivity index (χ4v) is 4.09. The molecule has 0 radical (unpaired) electrons. The van der Waals surface area contributed by atoms with Crippen molar-refractivity contribution in [1.82, 2.24) is 20.4 Å². The van der Waals surface area contributed by atoms with Crippen molar-refractivity contribution >= 4 is 11.8 Å². The fraction of sp³-hybridized carbons (Fsp3) is 0.789. The summed E-state index contributed by atoms with van der Waals surface area (Å²) in [7, 11) is 0. The molecular weight excluding hydrogens is 332 g/mol. The molecule has 3 rings (SSSR count). The summed E-state index contributed by atoms with van der Waals surface area (Å²) in [5.74, 6) is 1.05. The molecule has 26 heavy (non-hydrogen) atoms. The molecule has 2 amide bonds. The largest absolute Gasteiger partial charge is 0.423 e. The van der Waals surface area contributed by atoms with Gasteiger partial charge in [0, 0.05) is 25.9 Å². The SMILES string of the molecule is Cc1nnc(C(CC(C)C)NC(=O)C2CC(=O)N(C3CCCCC3)C2)o1. The predicted molar refractivity (Wildman–Crippen MR) is 96.1 cm³/mol. The first-order chi connectivity index (χ1) is 12.4. The molecule has 2 atom stereocenters. The fourth-order valence-electron chi connectivity index (χ4n) is 4.09. The average Bonchev–Trinajstić information content (AvgIpc) is 3.20. The Balaban J connectivity index is 1.63. The van der Waals surface area contributed by atoms with Gasteiger partial charge in [-0.3, -0.25) is 9.59 Å². The van der Waals surface area contributed by atoms with E-state index in [1.807, 2.05) is 4.90 Å². The highest BCUT2D eigenvalue weighted by Crippen LogP contribution is 2.29. The molecule has 1 aliphatic carbocycles. The van der Waals surface area contributed by atoms with Crippen LogP contribution in [0.2, 0.25) is 0 Å². The molecule has 0 bridgehead atoms. The lowest BCUT2D eigenvalue weighted by Gasteiger charge is -2.31. The lowest BCUT2D eigenvalue weighted by Crippen LogP contribution is -2.40. The zero-order valence-corrected chi connectivity index (χ0v) is 16.0. The summed E-state index contributed by atoms with van der Waals surface area (Å²) in [6.07, 6.45) is 6.77.